The van der Waals surface area contributed by atoms with Crippen LogP contribution in [0.4, 0.5) is 11.4 Å². The Morgan fingerprint density at radius 3 is 2.51 bits per heavy atom. The Balaban J connectivity index is 1.02. The third kappa shape index (κ3) is 6.28. The monoisotopic (exact) mass is 824 g/mol. The lowest BCUT2D eigenvalue weighted by atomic mass is 9.88. The lowest BCUT2D eigenvalue weighted by molar-refractivity contribution is -0.383. The van der Waals surface area contributed by atoms with E-state index in [1.807, 2.05) is 18.2 Å². The van der Waals surface area contributed by atoms with Crippen LogP contribution in [-0.2, 0) is 35.1 Å². The Kier molecular flexibility index (Phi) is 9.80. The number of likely N-dealkylation sites (tertiary alicyclic amines) is 2. The summed E-state index contributed by atoms with van der Waals surface area (Å²) in [5.41, 5.74) is -1.23. The fourth-order valence-electron chi connectivity index (χ4n) is 10.0. The van der Waals surface area contributed by atoms with Gasteiger partial charge in [0.05, 0.1) is 29.3 Å². The van der Waals surface area contributed by atoms with E-state index in [1.54, 1.807) is 52.0 Å². The predicted octanol–water partition coefficient (Wildman–Crippen LogP) is 4.10. The van der Waals surface area contributed by atoms with E-state index in [0.717, 1.165) is 0 Å². The summed E-state index contributed by atoms with van der Waals surface area (Å²) in [6.07, 6.45) is 11.0. The van der Waals surface area contributed by atoms with Crippen molar-refractivity contribution in [2.75, 3.05) is 19.7 Å². The Labute approximate surface area is 342 Å². The number of fused-ring (bicyclic) bond motifs is 4. The molecule has 7 heterocycles. The molecule has 1 aromatic heterocycles. The number of halogens is 1. The number of carbonyl (C=O) groups excluding carboxylic acids is 5. The van der Waals surface area contributed by atoms with Gasteiger partial charge in [0.1, 0.15) is 29.4 Å². The molecule has 0 aliphatic carbocycles. The number of rotatable bonds is 8. The number of aromatic nitrogens is 2. The fraction of sp³-hybridized carbons (Fsp3) is 0.463. The highest BCUT2D eigenvalue weighted by Gasteiger charge is 2.58. The summed E-state index contributed by atoms with van der Waals surface area (Å²) in [4.78, 5) is 94.1. The molecule has 6 aliphatic heterocycles. The van der Waals surface area contributed by atoms with Gasteiger partial charge >= 0.3 is 11.7 Å². The van der Waals surface area contributed by atoms with Crippen LogP contribution >= 0.6 is 11.6 Å². The van der Waals surface area contributed by atoms with Crippen molar-refractivity contribution in [3.05, 3.63) is 81.4 Å². The average molecular weight is 825 g/mol. The number of hydrogen-bond donors (Lipinski definition) is 0. The van der Waals surface area contributed by atoms with Crippen LogP contribution in [-0.4, -0.2) is 126 Å². The molecule has 18 heteroatoms. The number of hydrogen-bond acceptors (Lipinski definition) is 12. The summed E-state index contributed by atoms with van der Waals surface area (Å²) in [6, 6.07) is 6.47. The molecule has 306 valence electrons. The van der Waals surface area contributed by atoms with Gasteiger partial charge in [0.2, 0.25) is 17.3 Å². The normalized spacial score (nSPS) is 28.7. The van der Waals surface area contributed by atoms with Crippen molar-refractivity contribution in [2.45, 2.75) is 94.0 Å². The first kappa shape index (κ1) is 38.5. The number of esters is 1. The van der Waals surface area contributed by atoms with Crippen molar-refractivity contribution in [3.8, 4) is 0 Å². The Morgan fingerprint density at radius 2 is 1.73 bits per heavy atom. The largest absolute Gasteiger partial charge is 0.464 e. The Hall–Kier alpha value is -5.97. The lowest BCUT2D eigenvalue weighted by Gasteiger charge is -2.44. The summed E-state index contributed by atoms with van der Waals surface area (Å²) in [7, 11) is 0. The van der Waals surface area contributed by atoms with Gasteiger partial charge < -0.3 is 24.3 Å². The number of nitrogens with zero attached hydrogens (tertiary/aromatic N) is 8. The second-order valence-corrected chi connectivity index (χ2v) is 16.2. The molecule has 1 spiro atoms. The second-order valence-electron chi connectivity index (χ2n) is 15.8. The topological polar surface area (TPSA) is 202 Å². The first-order valence-electron chi connectivity index (χ1n) is 20.0. The molecule has 0 bridgehead atoms. The van der Waals surface area contributed by atoms with Gasteiger partial charge in [0, 0.05) is 36.5 Å². The minimum absolute atomic E-state index is 0.000668. The zero-order valence-corrected chi connectivity index (χ0v) is 32.9. The number of nitro benzene ring substituents is 1. The lowest BCUT2D eigenvalue weighted by Crippen LogP contribution is -2.64. The van der Waals surface area contributed by atoms with Crippen LogP contribution in [0.1, 0.15) is 57.4 Å². The van der Waals surface area contributed by atoms with E-state index < -0.39 is 40.5 Å². The highest BCUT2D eigenvalue weighted by Crippen LogP contribution is 2.43. The molecular formula is C41H41ClN8O9. The molecule has 4 saturated heterocycles. The van der Waals surface area contributed by atoms with Gasteiger partial charge in [-0.25, -0.2) is 14.4 Å². The van der Waals surface area contributed by atoms with Crippen LogP contribution in [0.2, 0.25) is 5.02 Å². The maximum Gasteiger partial charge on any atom is 0.328 e. The van der Waals surface area contributed by atoms with Crippen LogP contribution in [0.25, 0.3) is 11.0 Å². The third-order valence-corrected chi connectivity index (χ3v) is 13.1. The molecule has 2 aromatic carbocycles. The maximum atomic E-state index is 15.1. The summed E-state index contributed by atoms with van der Waals surface area (Å²) < 4.78 is 10.2. The molecule has 0 saturated carbocycles. The van der Waals surface area contributed by atoms with E-state index in [4.69, 9.17) is 26.0 Å². The van der Waals surface area contributed by atoms with Crippen LogP contribution in [0.15, 0.2) is 70.3 Å². The van der Waals surface area contributed by atoms with E-state index in [-0.39, 0.29) is 83.4 Å². The summed E-state index contributed by atoms with van der Waals surface area (Å²) in [6.45, 7) is 2.45. The third-order valence-electron chi connectivity index (χ3n) is 12.8. The predicted molar refractivity (Wildman–Crippen MR) is 210 cm³/mol. The number of amides is 4. The maximum absolute atomic E-state index is 15.1. The molecule has 6 aliphatic rings. The van der Waals surface area contributed by atoms with Gasteiger partial charge in [-0.3, -0.25) is 29.3 Å². The number of nitro groups is 1. The van der Waals surface area contributed by atoms with E-state index >= 15 is 4.79 Å². The second kappa shape index (κ2) is 15.0. The molecule has 0 unspecified atom stereocenters. The summed E-state index contributed by atoms with van der Waals surface area (Å²) >= 11 is 6.57. The highest BCUT2D eigenvalue weighted by atomic mass is 35.5. The van der Waals surface area contributed by atoms with E-state index in [2.05, 4.69) is 10.3 Å². The van der Waals surface area contributed by atoms with E-state index in [9.17, 15) is 29.3 Å². The first-order chi connectivity index (χ1) is 28.5. The van der Waals surface area contributed by atoms with Crippen molar-refractivity contribution in [1.29, 1.82) is 0 Å². The number of aliphatic imine (C=N–C) groups is 1. The van der Waals surface area contributed by atoms with Crippen molar-refractivity contribution >= 4 is 69.3 Å². The van der Waals surface area contributed by atoms with Crippen molar-refractivity contribution in [3.63, 3.8) is 0 Å². The van der Waals surface area contributed by atoms with Gasteiger partial charge in [0.25, 0.3) is 11.8 Å². The molecule has 17 nitrogen and oxygen atoms in total. The highest BCUT2D eigenvalue weighted by molar-refractivity contribution is 6.41. The molecule has 0 N–H and O–H groups in total. The minimum atomic E-state index is -1.43. The number of benzene rings is 2. The molecule has 3 aromatic rings. The standard InChI is InChI=1S/C41H41ClN8O9/c1-2-58-39(54)32-14-11-25-9-8-23-17-21-46(35(23)38(53)48(25)32)37(52)31-13-10-26-16-19-41(40(55)49(26)31)18-5-20-47(41)36(51)29(22-24-6-3-4-7-27(24)42)43-28-12-15-30(50(56)57)34-33(28)44-59-45-34/h3-4,6-9,12,15-16,19,23,25-26,31-32,35H,2,5,10-11,13-14,17-18,20-22H2,1H3/b43-29-/t23-,25-,26-,31-,32-,35-,41+/m0/s1. The van der Waals surface area contributed by atoms with Crippen molar-refractivity contribution < 1.29 is 38.3 Å². The Morgan fingerprint density at radius 1 is 0.966 bits per heavy atom. The number of carbonyl (C=O) groups is 5. The van der Waals surface area contributed by atoms with Crippen LogP contribution < -0.4 is 0 Å². The summed E-state index contributed by atoms with van der Waals surface area (Å²) in [5.74, 6) is -2.24. The van der Waals surface area contributed by atoms with Crippen LogP contribution in [0, 0.1) is 16.0 Å². The van der Waals surface area contributed by atoms with Gasteiger partial charge in [0.15, 0.2) is 5.52 Å². The first-order valence-corrected chi connectivity index (χ1v) is 20.4. The SMILES string of the molecule is CCOC(=O)[C@@H]1CC[C@@H]2C=C[C@H]3CCN(C(=O)[C@@H]4CC[C@H]5C=C[C@]6(CCCN6C(=O)/C(Cc6ccccc6Cl)=N\c6ccc([N+](=O)[O-])c7nonc67)C(=O)N54)[C@@H]3C(=O)N21. The summed E-state index contributed by atoms with van der Waals surface area (Å²) in [5, 5.41) is 19.6. The fourth-order valence-corrected chi connectivity index (χ4v) is 10.2. The molecule has 7 atom stereocenters. The molecule has 0 radical (unpaired) electrons. The van der Waals surface area contributed by atoms with Crippen LogP contribution in [0.3, 0.4) is 0 Å². The molecule has 9 rings (SSSR count). The zero-order valence-electron chi connectivity index (χ0n) is 32.1. The van der Waals surface area contributed by atoms with E-state index in [0.29, 0.717) is 62.1 Å². The van der Waals surface area contributed by atoms with Gasteiger partial charge in [-0.2, -0.15) is 0 Å². The van der Waals surface area contributed by atoms with Crippen molar-refractivity contribution in [2.24, 2.45) is 10.9 Å². The van der Waals surface area contributed by atoms with Gasteiger partial charge in [-0.05, 0) is 79.9 Å². The van der Waals surface area contributed by atoms with Crippen molar-refractivity contribution in [1.82, 2.24) is 29.9 Å². The van der Waals surface area contributed by atoms with Gasteiger partial charge in [-0.1, -0.05) is 54.1 Å². The minimum Gasteiger partial charge on any atom is -0.464 e. The number of ether oxygens (including phenoxy) is 1. The van der Waals surface area contributed by atoms with Crippen LogP contribution in [0.5, 0.6) is 0 Å². The quantitative estimate of drug-likeness (QED) is 0.104. The molecule has 4 amide bonds. The zero-order chi connectivity index (χ0) is 41.2. The van der Waals surface area contributed by atoms with Gasteiger partial charge in [-0.15, -0.1) is 0 Å². The molecular weight excluding hydrogens is 784 g/mol. The van der Waals surface area contributed by atoms with E-state index in [1.165, 1.54) is 17.0 Å². The Bertz CT molecular complexity index is 2380. The molecule has 4 fully saturated rings. The smallest absolute Gasteiger partial charge is 0.328 e. The number of non-ortho nitro benzene ring substituents is 1. The molecule has 59 heavy (non-hydrogen) atoms. The average Bonchev–Trinajstić information content (AvgIpc) is 4.07.